The Labute approximate surface area is 135 Å². The van der Waals surface area contributed by atoms with Crippen molar-refractivity contribution in [3.05, 3.63) is 0 Å². The standard InChI is InChI=1S/C17H34N4O/c1-5-17(22,6-2)12-19-16(18-7-3)20-14-10-13(4)21(11-14)15-8-9-15/h13-15,22H,5-12H2,1-4H3,(H2,18,19,20). The Hall–Kier alpha value is -0.810. The zero-order valence-corrected chi connectivity index (χ0v) is 14.7. The van der Waals surface area contributed by atoms with Gasteiger partial charge in [0.05, 0.1) is 12.1 Å². The lowest BCUT2D eigenvalue weighted by molar-refractivity contribution is 0.0417. The van der Waals surface area contributed by atoms with E-state index in [1.54, 1.807) is 0 Å². The largest absolute Gasteiger partial charge is 0.388 e. The fourth-order valence-corrected chi connectivity index (χ4v) is 3.29. The van der Waals surface area contributed by atoms with E-state index in [1.165, 1.54) is 19.3 Å². The summed E-state index contributed by atoms with van der Waals surface area (Å²) in [6.07, 6.45) is 5.38. The van der Waals surface area contributed by atoms with Gasteiger partial charge in [-0.15, -0.1) is 0 Å². The second-order valence-corrected chi connectivity index (χ2v) is 6.98. The number of nitrogens with one attached hydrogen (secondary N) is 2. The molecule has 2 rings (SSSR count). The summed E-state index contributed by atoms with van der Waals surface area (Å²) in [6.45, 7) is 10.9. The van der Waals surface area contributed by atoms with E-state index >= 15 is 0 Å². The lowest BCUT2D eigenvalue weighted by Gasteiger charge is -2.24. The van der Waals surface area contributed by atoms with Crippen molar-refractivity contribution in [2.75, 3.05) is 19.6 Å². The van der Waals surface area contributed by atoms with E-state index in [9.17, 15) is 5.11 Å². The van der Waals surface area contributed by atoms with Crippen LogP contribution in [0.5, 0.6) is 0 Å². The summed E-state index contributed by atoms with van der Waals surface area (Å²) >= 11 is 0. The van der Waals surface area contributed by atoms with Gasteiger partial charge in [-0.2, -0.15) is 0 Å². The quantitative estimate of drug-likeness (QED) is 0.495. The van der Waals surface area contributed by atoms with Gasteiger partial charge < -0.3 is 15.7 Å². The zero-order valence-electron chi connectivity index (χ0n) is 14.7. The smallest absolute Gasteiger partial charge is 0.191 e. The first-order valence-electron chi connectivity index (χ1n) is 9.04. The topological polar surface area (TPSA) is 59.9 Å². The number of aliphatic hydroxyl groups is 1. The molecule has 0 aromatic heterocycles. The molecule has 0 aromatic carbocycles. The maximum Gasteiger partial charge on any atom is 0.191 e. The highest BCUT2D eigenvalue weighted by Gasteiger charge is 2.38. The van der Waals surface area contributed by atoms with Gasteiger partial charge in [-0.25, -0.2) is 0 Å². The van der Waals surface area contributed by atoms with E-state index in [0.717, 1.165) is 37.9 Å². The highest BCUT2D eigenvalue weighted by molar-refractivity contribution is 5.80. The van der Waals surface area contributed by atoms with Crippen LogP contribution in [-0.2, 0) is 0 Å². The second-order valence-electron chi connectivity index (χ2n) is 6.98. The summed E-state index contributed by atoms with van der Waals surface area (Å²) in [5.74, 6) is 0.845. The number of rotatable bonds is 7. The number of hydrogen-bond acceptors (Lipinski definition) is 3. The Bertz CT molecular complexity index is 377. The normalized spacial score (nSPS) is 27.2. The Morgan fingerprint density at radius 2 is 1.95 bits per heavy atom. The number of likely N-dealkylation sites (tertiary alicyclic amines) is 1. The first-order chi connectivity index (χ1) is 10.5. The summed E-state index contributed by atoms with van der Waals surface area (Å²) in [5, 5.41) is 17.3. The third-order valence-corrected chi connectivity index (χ3v) is 5.17. The van der Waals surface area contributed by atoms with Gasteiger partial charge in [0.1, 0.15) is 0 Å². The second kappa shape index (κ2) is 7.64. The van der Waals surface area contributed by atoms with Crippen LogP contribution in [0.4, 0.5) is 0 Å². The van der Waals surface area contributed by atoms with Crippen LogP contribution < -0.4 is 10.6 Å². The fraction of sp³-hybridized carbons (Fsp3) is 0.941. The van der Waals surface area contributed by atoms with Crippen LogP contribution in [0.1, 0.15) is 59.8 Å². The average Bonchev–Trinajstić information content (AvgIpc) is 3.29. The summed E-state index contributed by atoms with van der Waals surface area (Å²) in [4.78, 5) is 7.26. The molecule has 3 N–H and O–H groups in total. The number of guanidine groups is 1. The molecular formula is C17H34N4O. The number of aliphatic imine (C=N–C) groups is 1. The van der Waals surface area contributed by atoms with Crippen molar-refractivity contribution in [2.24, 2.45) is 4.99 Å². The van der Waals surface area contributed by atoms with Crippen molar-refractivity contribution in [1.29, 1.82) is 0 Å². The van der Waals surface area contributed by atoms with E-state index in [2.05, 4.69) is 34.4 Å². The lowest BCUT2D eigenvalue weighted by Crippen LogP contribution is -2.45. The molecule has 0 radical (unpaired) electrons. The van der Waals surface area contributed by atoms with Crippen molar-refractivity contribution >= 4 is 5.96 Å². The summed E-state index contributed by atoms with van der Waals surface area (Å²) in [7, 11) is 0. The summed E-state index contributed by atoms with van der Waals surface area (Å²) in [5.41, 5.74) is -0.675. The minimum absolute atomic E-state index is 0.462. The maximum atomic E-state index is 10.4. The molecule has 5 heteroatoms. The van der Waals surface area contributed by atoms with Gasteiger partial charge in [0.25, 0.3) is 0 Å². The summed E-state index contributed by atoms with van der Waals surface area (Å²) in [6, 6.07) is 1.95. The highest BCUT2D eigenvalue weighted by Crippen LogP contribution is 2.33. The Morgan fingerprint density at radius 1 is 1.27 bits per heavy atom. The third-order valence-electron chi connectivity index (χ3n) is 5.17. The zero-order chi connectivity index (χ0) is 16.2. The predicted molar refractivity (Wildman–Crippen MR) is 92.2 cm³/mol. The van der Waals surface area contributed by atoms with Gasteiger partial charge in [-0.1, -0.05) is 13.8 Å². The molecule has 2 fully saturated rings. The molecule has 1 saturated carbocycles. The summed E-state index contributed by atoms with van der Waals surface area (Å²) < 4.78 is 0. The van der Waals surface area contributed by atoms with Crippen LogP contribution in [-0.4, -0.2) is 59.3 Å². The molecule has 128 valence electrons. The SMILES string of the molecule is CCNC(=NCC(O)(CC)CC)NC1CC(C)N(C2CC2)C1. The highest BCUT2D eigenvalue weighted by atomic mass is 16.3. The van der Waals surface area contributed by atoms with Crippen LogP contribution >= 0.6 is 0 Å². The predicted octanol–water partition coefficient (Wildman–Crippen LogP) is 1.72. The first kappa shape index (κ1) is 17.5. The molecule has 5 nitrogen and oxygen atoms in total. The van der Waals surface area contributed by atoms with E-state index in [0.29, 0.717) is 18.6 Å². The van der Waals surface area contributed by atoms with E-state index in [1.807, 2.05) is 13.8 Å². The van der Waals surface area contributed by atoms with Gasteiger partial charge in [-0.3, -0.25) is 9.89 Å². The molecule has 22 heavy (non-hydrogen) atoms. The van der Waals surface area contributed by atoms with E-state index in [4.69, 9.17) is 0 Å². The minimum atomic E-state index is -0.675. The Morgan fingerprint density at radius 3 is 2.50 bits per heavy atom. The van der Waals surface area contributed by atoms with Crippen LogP contribution in [0, 0.1) is 0 Å². The molecule has 1 aliphatic heterocycles. The van der Waals surface area contributed by atoms with Crippen molar-refractivity contribution in [3.63, 3.8) is 0 Å². The molecule has 2 unspecified atom stereocenters. The van der Waals surface area contributed by atoms with E-state index in [-0.39, 0.29) is 0 Å². The molecule has 0 bridgehead atoms. The van der Waals surface area contributed by atoms with Crippen molar-refractivity contribution < 1.29 is 5.11 Å². The maximum absolute atomic E-state index is 10.4. The van der Waals surface area contributed by atoms with Crippen LogP contribution in [0.3, 0.4) is 0 Å². The molecule has 0 aromatic rings. The van der Waals surface area contributed by atoms with Crippen LogP contribution in [0.2, 0.25) is 0 Å². The van der Waals surface area contributed by atoms with Gasteiger partial charge in [0.15, 0.2) is 5.96 Å². The first-order valence-corrected chi connectivity index (χ1v) is 9.04. The van der Waals surface area contributed by atoms with Crippen LogP contribution in [0.15, 0.2) is 4.99 Å². The van der Waals surface area contributed by atoms with Gasteiger partial charge >= 0.3 is 0 Å². The van der Waals surface area contributed by atoms with Gasteiger partial charge in [-0.05, 0) is 46.0 Å². The van der Waals surface area contributed by atoms with Crippen LogP contribution in [0.25, 0.3) is 0 Å². The molecule has 1 aliphatic carbocycles. The Kier molecular flexibility index (Phi) is 6.09. The molecular weight excluding hydrogens is 276 g/mol. The molecule has 1 saturated heterocycles. The van der Waals surface area contributed by atoms with Crippen molar-refractivity contribution in [1.82, 2.24) is 15.5 Å². The molecule has 2 aliphatic rings. The van der Waals surface area contributed by atoms with Crippen molar-refractivity contribution in [3.8, 4) is 0 Å². The third kappa shape index (κ3) is 4.59. The number of nitrogens with zero attached hydrogens (tertiary/aromatic N) is 2. The molecule has 0 spiro atoms. The molecule has 2 atom stereocenters. The fourth-order valence-electron chi connectivity index (χ4n) is 3.29. The van der Waals surface area contributed by atoms with Gasteiger partial charge in [0, 0.05) is 31.2 Å². The minimum Gasteiger partial charge on any atom is -0.388 e. The monoisotopic (exact) mass is 310 g/mol. The van der Waals surface area contributed by atoms with Crippen molar-refractivity contribution in [2.45, 2.75) is 83.5 Å². The average molecular weight is 310 g/mol. The Balaban J connectivity index is 1.91. The van der Waals surface area contributed by atoms with E-state index < -0.39 is 5.60 Å². The molecule has 1 heterocycles. The molecule has 0 amide bonds. The number of hydrogen-bond donors (Lipinski definition) is 3. The van der Waals surface area contributed by atoms with Gasteiger partial charge in [0.2, 0.25) is 0 Å². The lowest BCUT2D eigenvalue weighted by atomic mass is 9.98.